The van der Waals surface area contributed by atoms with Crippen molar-refractivity contribution in [2.45, 2.75) is 37.6 Å². The van der Waals surface area contributed by atoms with Gasteiger partial charge in [0.2, 0.25) is 0 Å². The number of carboxylic acid groups (broad SMARTS) is 1. The average Bonchev–Trinajstić information content (AvgIpc) is 2.71. The largest absolute Gasteiger partial charge is 0.490 e. The fourth-order valence-corrected chi connectivity index (χ4v) is 5.67. The van der Waals surface area contributed by atoms with E-state index in [1.165, 1.54) is 0 Å². The molecule has 1 fully saturated rings. The van der Waals surface area contributed by atoms with Crippen LogP contribution in [0.2, 0.25) is 0 Å². The molecule has 2 aliphatic heterocycles. The van der Waals surface area contributed by atoms with Crippen LogP contribution in [0.3, 0.4) is 0 Å². The van der Waals surface area contributed by atoms with E-state index in [0.29, 0.717) is 13.2 Å². The summed E-state index contributed by atoms with van der Waals surface area (Å²) in [5.41, 5.74) is 2.21. The van der Waals surface area contributed by atoms with Crippen LogP contribution >= 0.6 is 31.9 Å². The number of hydrogen-bond acceptors (Lipinski definition) is 4. The van der Waals surface area contributed by atoms with E-state index in [4.69, 9.17) is 14.6 Å². The molecule has 0 aromatic heterocycles. The molecule has 0 bridgehead atoms. The average molecular weight is 540 g/mol. The summed E-state index contributed by atoms with van der Waals surface area (Å²) in [6.45, 7) is 2.60. The van der Waals surface area contributed by atoms with Crippen LogP contribution in [-0.2, 0) is 11.3 Å². The molecule has 2 aromatic rings. The van der Waals surface area contributed by atoms with Gasteiger partial charge in [-0.25, -0.2) is 4.79 Å². The molecule has 30 heavy (non-hydrogen) atoms. The lowest BCUT2D eigenvalue weighted by molar-refractivity contribution is -0.0645. The minimum absolute atomic E-state index is 0.00669. The molecule has 2 aromatic carbocycles. The maximum atomic E-state index is 11.0. The molecular formula is C22H24Br2N2O4. The van der Waals surface area contributed by atoms with E-state index in [-0.39, 0.29) is 18.2 Å². The maximum absolute atomic E-state index is 11.0. The molecule has 0 spiro atoms. The van der Waals surface area contributed by atoms with E-state index in [2.05, 4.69) is 60.3 Å². The van der Waals surface area contributed by atoms with Crippen molar-refractivity contribution in [2.75, 3.05) is 19.7 Å². The lowest BCUT2D eigenvalue weighted by Gasteiger charge is -2.43. The molecule has 4 rings (SSSR count). The van der Waals surface area contributed by atoms with Crippen molar-refractivity contribution in [3.8, 4) is 5.75 Å². The van der Waals surface area contributed by atoms with Gasteiger partial charge < -0.3 is 19.9 Å². The fourth-order valence-electron chi connectivity index (χ4n) is 4.28. The highest BCUT2D eigenvalue weighted by atomic mass is 79.9. The first-order chi connectivity index (χ1) is 14.5. The van der Waals surface area contributed by atoms with Crippen LogP contribution in [0.4, 0.5) is 4.79 Å². The van der Waals surface area contributed by atoms with Crippen LogP contribution in [0.1, 0.15) is 30.0 Å². The van der Waals surface area contributed by atoms with Gasteiger partial charge in [0.1, 0.15) is 18.5 Å². The van der Waals surface area contributed by atoms with Crippen molar-refractivity contribution in [3.63, 3.8) is 0 Å². The van der Waals surface area contributed by atoms with Crippen molar-refractivity contribution < 1.29 is 19.4 Å². The Balaban J connectivity index is 1.50. The zero-order valence-electron chi connectivity index (χ0n) is 16.4. The van der Waals surface area contributed by atoms with E-state index in [9.17, 15) is 4.79 Å². The molecule has 2 aliphatic rings. The Morgan fingerprint density at radius 1 is 1.17 bits per heavy atom. The molecule has 0 saturated carbocycles. The topological polar surface area (TPSA) is 71.0 Å². The predicted octanol–water partition coefficient (Wildman–Crippen LogP) is 4.96. The van der Waals surface area contributed by atoms with Gasteiger partial charge in [-0.05, 0) is 42.7 Å². The third-order valence-electron chi connectivity index (χ3n) is 5.63. The summed E-state index contributed by atoms with van der Waals surface area (Å²) in [5, 5.41) is 11.6. The summed E-state index contributed by atoms with van der Waals surface area (Å²) >= 11 is 7.06. The number of ether oxygens (including phenoxy) is 2. The first-order valence-electron chi connectivity index (χ1n) is 10.0. The fraction of sp³-hybridized carbons (Fsp3) is 0.409. The van der Waals surface area contributed by atoms with Crippen LogP contribution in [0, 0.1) is 0 Å². The minimum atomic E-state index is -0.953. The first kappa shape index (κ1) is 21.6. The molecule has 2 atom stereocenters. The summed E-state index contributed by atoms with van der Waals surface area (Å²) in [7, 11) is 0. The highest BCUT2D eigenvalue weighted by Crippen LogP contribution is 2.39. The smallest absolute Gasteiger partial charge is 0.404 e. The summed E-state index contributed by atoms with van der Waals surface area (Å²) in [6, 6.07) is 14.3. The molecule has 0 unspecified atom stereocenters. The van der Waals surface area contributed by atoms with Gasteiger partial charge >= 0.3 is 6.09 Å². The number of nitrogens with zero attached hydrogens (tertiary/aromatic N) is 1. The van der Waals surface area contributed by atoms with E-state index >= 15 is 0 Å². The molecule has 1 amide bonds. The molecular weight excluding hydrogens is 516 g/mol. The van der Waals surface area contributed by atoms with Gasteiger partial charge in [0, 0.05) is 33.6 Å². The van der Waals surface area contributed by atoms with Gasteiger partial charge in [0.05, 0.1) is 12.6 Å². The van der Waals surface area contributed by atoms with E-state index in [0.717, 1.165) is 51.8 Å². The zero-order chi connectivity index (χ0) is 21.1. The summed E-state index contributed by atoms with van der Waals surface area (Å²) in [4.78, 5) is 13.4. The van der Waals surface area contributed by atoms with Gasteiger partial charge in [0.15, 0.2) is 0 Å². The number of fused-ring (bicyclic) bond motifs is 1. The molecule has 160 valence electrons. The van der Waals surface area contributed by atoms with E-state index < -0.39 is 6.09 Å². The van der Waals surface area contributed by atoms with Crippen molar-refractivity contribution >= 4 is 38.0 Å². The lowest BCUT2D eigenvalue weighted by atomic mass is 9.93. The minimum Gasteiger partial charge on any atom is -0.490 e. The van der Waals surface area contributed by atoms with Gasteiger partial charge in [-0.2, -0.15) is 0 Å². The number of piperidine rings is 1. The zero-order valence-corrected chi connectivity index (χ0v) is 19.6. The summed E-state index contributed by atoms with van der Waals surface area (Å²) in [5.74, 6) is 0.901. The molecule has 0 radical (unpaired) electrons. The van der Waals surface area contributed by atoms with Crippen LogP contribution < -0.4 is 10.1 Å². The molecule has 8 heteroatoms. The van der Waals surface area contributed by atoms with Crippen molar-refractivity contribution in [1.82, 2.24) is 10.2 Å². The van der Waals surface area contributed by atoms with Crippen LogP contribution in [0.15, 0.2) is 51.4 Å². The highest BCUT2D eigenvalue weighted by Gasteiger charge is 2.37. The molecule has 0 aliphatic carbocycles. The number of carbonyl (C=O) groups is 1. The third-order valence-corrected chi connectivity index (χ3v) is 6.55. The molecule has 6 nitrogen and oxygen atoms in total. The number of rotatable bonds is 5. The Morgan fingerprint density at radius 2 is 1.87 bits per heavy atom. The Labute approximate surface area is 192 Å². The Kier molecular flexibility index (Phi) is 6.98. The van der Waals surface area contributed by atoms with Gasteiger partial charge in [-0.1, -0.05) is 50.1 Å². The number of amides is 1. The van der Waals surface area contributed by atoms with Gasteiger partial charge in [-0.3, -0.25) is 4.90 Å². The second-order valence-corrected chi connectivity index (χ2v) is 9.51. The number of likely N-dealkylation sites (tertiary alicyclic amines) is 1. The standard InChI is InChI=1S/C22H24Br2N2O4/c23-15-9-14(10-16(24)11-15)12-29-20-13-30-19-4-2-1-3-18(19)21(20)26-7-5-17(6-8-26)25-22(27)28/h1-4,9-11,17,20-21,25H,5-8,12-13H2,(H,27,28)/t20-,21-/m0/s1. The Bertz CT molecular complexity index is 882. The lowest BCUT2D eigenvalue weighted by Crippen LogP contribution is -2.50. The third kappa shape index (κ3) is 5.17. The Hall–Kier alpha value is -1.61. The number of halogens is 2. The second kappa shape index (κ2) is 9.68. The van der Waals surface area contributed by atoms with Crippen molar-refractivity contribution in [2.24, 2.45) is 0 Å². The molecule has 2 heterocycles. The van der Waals surface area contributed by atoms with Crippen molar-refractivity contribution in [1.29, 1.82) is 0 Å². The van der Waals surface area contributed by atoms with Gasteiger partial charge in [-0.15, -0.1) is 0 Å². The number of para-hydroxylation sites is 1. The van der Waals surface area contributed by atoms with Crippen LogP contribution in [-0.4, -0.2) is 47.9 Å². The first-order valence-corrected chi connectivity index (χ1v) is 11.6. The van der Waals surface area contributed by atoms with Crippen LogP contribution in [0.25, 0.3) is 0 Å². The number of benzene rings is 2. The summed E-state index contributed by atoms with van der Waals surface area (Å²) < 4.78 is 14.4. The quantitative estimate of drug-likeness (QED) is 0.561. The maximum Gasteiger partial charge on any atom is 0.404 e. The highest BCUT2D eigenvalue weighted by molar-refractivity contribution is 9.11. The monoisotopic (exact) mass is 538 g/mol. The Morgan fingerprint density at radius 3 is 2.57 bits per heavy atom. The van der Waals surface area contributed by atoms with Crippen LogP contribution in [0.5, 0.6) is 5.75 Å². The molecule has 2 N–H and O–H groups in total. The number of hydrogen-bond donors (Lipinski definition) is 2. The number of nitrogens with one attached hydrogen (secondary N) is 1. The van der Waals surface area contributed by atoms with E-state index in [1.54, 1.807) is 0 Å². The second-order valence-electron chi connectivity index (χ2n) is 7.68. The SMILES string of the molecule is O=C(O)NC1CCN([C@H]2c3ccccc3OC[C@@H]2OCc2cc(Br)cc(Br)c2)CC1. The normalized spacial score (nSPS) is 22.2. The molecule has 1 saturated heterocycles. The van der Waals surface area contributed by atoms with E-state index in [1.807, 2.05) is 24.3 Å². The predicted molar refractivity (Wildman–Crippen MR) is 121 cm³/mol. The van der Waals surface area contributed by atoms with Crippen molar-refractivity contribution in [3.05, 3.63) is 62.5 Å². The van der Waals surface area contributed by atoms with Gasteiger partial charge in [0.25, 0.3) is 0 Å². The summed E-state index contributed by atoms with van der Waals surface area (Å²) in [6.07, 6.45) is 0.515.